The maximum Gasteiger partial charge on any atom is 0.0743 e. The number of ether oxygens (including phenoxy) is 1. The number of alkyl halides is 2. The molecule has 0 radical (unpaired) electrons. The molecule has 2 heterocycles. The molecule has 0 amide bonds. The number of hydrogen-bond acceptors (Lipinski definition) is 1. The van der Waals surface area contributed by atoms with Crippen molar-refractivity contribution < 1.29 is 4.74 Å². The van der Waals surface area contributed by atoms with Crippen LogP contribution in [0.3, 0.4) is 0 Å². The van der Waals surface area contributed by atoms with Crippen LogP contribution in [0.2, 0.25) is 0 Å². The molecule has 0 aliphatic carbocycles. The van der Waals surface area contributed by atoms with Crippen molar-refractivity contribution >= 4 is 23.2 Å². The number of fused-ring (bicyclic) bond motifs is 2. The van der Waals surface area contributed by atoms with E-state index in [2.05, 4.69) is 0 Å². The molecule has 4 atom stereocenters. The highest BCUT2D eigenvalue weighted by atomic mass is 35.5. The molecule has 3 heteroatoms. The van der Waals surface area contributed by atoms with Crippen molar-refractivity contribution in [2.45, 2.75) is 48.6 Å². The zero-order valence-corrected chi connectivity index (χ0v) is 7.81. The zero-order valence-electron chi connectivity index (χ0n) is 6.30. The van der Waals surface area contributed by atoms with Crippen LogP contribution < -0.4 is 0 Å². The minimum Gasteiger partial charge on any atom is -0.372 e. The predicted molar refractivity (Wildman–Crippen MR) is 46.4 cm³/mol. The summed E-state index contributed by atoms with van der Waals surface area (Å²) in [7, 11) is 0. The Morgan fingerprint density at radius 1 is 0.818 bits per heavy atom. The number of hydrogen-bond donors (Lipinski definition) is 0. The lowest BCUT2D eigenvalue weighted by molar-refractivity contribution is -0.0769. The Bertz CT molecular complexity index is 135. The molecule has 11 heavy (non-hydrogen) atoms. The van der Waals surface area contributed by atoms with E-state index in [1.54, 1.807) is 0 Å². The van der Waals surface area contributed by atoms with Gasteiger partial charge in [0.15, 0.2) is 0 Å². The Morgan fingerprint density at radius 3 is 1.73 bits per heavy atom. The van der Waals surface area contributed by atoms with Gasteiger partial charge in [-0.05, 0) is 25.7 Å². The molecule has 64 valence electrons. The van der Waals surface area contributed by atoms with Crippen LogP contribution in [0.15, 0.2) is 0 Å². The van der Waals surface area contributed by atoms with E-state index >= 15 is 0 Å². The maximum atomic E-state index is 6.06. The fourth-order valence-corrected chi connectivity index (χ4v) is 2.53. The Morgan fingerprint density at radius 2 is 1.27 bits per heavy atom. The van der Waals surface area contributed by atoms with E-state index in [-0.39, 0.29) is 23.0 Å². The van der Waals surface area contributed by atoms with Gasteiger partial charge in [0, 0.05) is 0 Å². The Balaban J connectivity index is 2.02. The highest BCUT2D eigenvalue weighted by molar-refractivity contribution is 6.22. The predicted octanol–water partition coefficient (Wildman–Crippen LogP) is 2.54. The van der Waals surface area contributed by atoms with Crippen LogP contribution in [0.4, 0.5) is 0 Å². The molecule has 0 saturated carbocycles. The number of rotatable bonds is 0. The maximum absolute atomic E-state index is 6.06. The molecule has 2 aliphatic rings. The van der Waals surface area contributed by atoms with Gasteiger partial charge in [0.05, 0.1) is 23.0 Å². The van der Waals surface area contributed by atoms with Crippen LogP contribution in [-0.4, -0.2) is 23.0 Å². The summed E-state index contributed by atoms with van der Waals surface area (Å²) in [4.78, 5) is 0. The smallest absolute Gasteiger partial charge is 0.0743 e. The summed E-state index contributed by atoms with van der Waals surface area (Å²) in [6.45, 7) is 0. The van der Waals surface area contributed by atoms with Gasteiger partial charge in [-0.1, -0.05) is 0 Å². The van der Waals surface area contributed by atoms with Crippen molar-refractivity contribution in [1.29, 1.82) is 0 Å². The van der Waals surface area contributed by atoms with E-state index in [4.69, 9.17) is 27.9 Å². The molecule has 0 aromatic heterocycles. The van der Waals surface area contributed by atoms with Crippen LogP contribution in [0.1, 0.15) is 25.7 Å². The van der Waals surface area contributed by atoms with Gasteiger partial charge < -0.3 is 4.74 Å². The third-order valence-electron chi connectivity index (χ3n) is 2.61. The van der Waals surface area contributed by atoms with Crippen molar-refractivity contribution in [1.82, 2.24) is 0 Å². The van der Waals surface area contributed by atoms with Crippen molar-refractivity contribution in [3.63, 3.8) is 0 Å². The highest BCUT2D eigenvalue weighted by Gasteiger charge is 2.37. The van der Waals surface area contributed by atoms with Crippen molar-refractivity contribution in [2.75, 3.05) is 0 Å². The zero-order chi connectivity index (χ0) is 7.84. The van der Waals surface area contributed by atoms with Gasteiger partial charge in [-0.3, -0.25) is 0 Å². The molecule has 0 N–H and O–H groups in total. The topological polar surface area (TPSA) is 9.23 Å². The highest BCUT2D eigenvalue weighted by Crippen LogP contribution is 2.35. The summed E-state index contributed by atoms with van der Waals surface area (Å²) in [5, 5.41) is 0.464. The van der Waals surface area contributed by atoms with E-state index in [0.717, 1.165) is 25.7 Å². The number of halogens is 2. The first kappa shape index (κ1) is 8.15. The van der Waals surface area contributed by atoms with Crippen LogP contribution >= 0.6 is 23.2 Å². The van der Waals surface area contributed by atoms with Crippen molar-refractivity contribution in [3.05, 3.63) is 0 Å². The van der Waals surface area contributed by atoms with Gasteiger partial charge in [-0.25, -0.2) is 0 Å². The molecule has 0 aromatic carbocycles. The SMILES string of the molecule is Cl[C@H]1CC[C@@H]2O[C@H]1CC[C@@H]2Cl. The summed E-state index contributed by atoms with van der Waals surface area (Å²) >= 11 is 12.1. The summed E-state index contributed by atoms with van der Waals surface area (Å²) in [5.41, 5.74) is 0. The minimum atomic E-state index is 0.232. The first-order valence-corrected chi connectivity index (χ1v) is 5.08. The largest absolute Gasteiger partial charge is 0.372 e. The quantitative estimate of drug-likeness (QED) is 0.539. The normalized spacial score (nSPS) is 50.7. The van der Waals surface area contributed by atoms with E-state index in [1.807, 2.05) is 0 Å². The van der Waals surface area contributed by atoms with Gasteiger partial charge in [0.1, 0.15) is 0 Å². The van der Waals surface area contributed by atoms with E-state index in [9.17, 15) is 0 Å². The standard InChI is InChI=1S/C8H12Cl2O/c9-5-1-3-7-6(10)2-4-8(5)11-7/h5-8H,1-4H2/t5-,6-,7-,8-/m0/s1. The molecule has 2 aliphatic heterocycles. The molecule has 2 fully saturated rings. The summed E-state index contributed by atoms with van der Waals surface area (Å²) in [5.74, 6) is 0. The second-order valence-electron chi connectivity index (χ2n) is 3.40. The molecular weight excluding hydrogens is 183 g/mol. The van der Waals surface area contributed by atoms with Gasteiger partial charge in [-0.2, -0.15) is 0 Å². The fraction of sp³-hybridized carbons (Fsp3) is 1.00. The molecule has 2 rings (SSSR count). The first-order chi connectivity index (χ1) is 5.27. The third kappa shape index (κ3) is 1.51. The minimum absolute atomic E-state index is 0.232. The summed E-state index contributed by atoms with van der Waals surface area (Å²) < 4.78 is 5.68. The van der Waals surface area contributed by atoms with Gasteiger partial charge in [0.25, 0.3) is 0 Å². The summed E-state index contributed by atoms with van der Waals surface area (Å²) in [6.07, 6.45) is 4.79. The molecular formula is C8H12Cl2O. The first-order valence-electron chi connectivity index (χ1n) is 4.21. The van der Waals surface area contributed by atoms with Crippen LogP contribution in [0, 0.1) is 0 Å². The molecule has 0 spiro atoms. The van der Waals surface area contributed by atoms with E-state index < -0.39 is 0 Å². The Labute approximate surface area is 77.0 Å². The Hall–Kier alpha value is 0.540. The third-order valence-corrected chi connectivity index (χ3v) is 3.61. The lowest BCUT2D eigenvalue weighted by atomic mass is 9.91. The molecule has 2 saturated heterocycles. The average Bonchev–Trinajstić information content (AvgIpc) is 2.02. The van der Waals surface area contributed by atoms with Crippen LogP contribution in [0.5, 0.6) is 0 Å². The van der Waals surface area contributed by atoms with E-state index in [0.29, 0.717) is 0 Å². The lowest BCUT2D eigenvalue weighted by Crippen LogP contribution is -2.44. The second kappa shape index (κ2) is 3.12. The van der Waals surface area contributed by atoms with E-state index in [1.165, 1.54) is 0 Å². The van der Waals surface area contributed by atoms with Gasteiger partial charge in [0.2, 0.25) is 0 Å². The average molecular weight is 195 g/mol. The molecule has 2 bridgehead atoms. The second-order valence-corrected chi connectivity index (χ2v) is 4.52. The molecule has 0 aromatic rings. The van der Waals surface area contributed by atoms with Gasteiger partial charge >= 0.3 is 0 Å². The summed E-state index contributed by atoms with van der Waals surface area (Å²) in [6, 6.07) is 0. The molecule has 0 unspecified atom stereocenters. The Kier molecular flexibility index (Phi) is 2.31. The monoisotopic (exact) mass is 194 g/mol. The lowest BCUT2D eigenvalue weighted by Gasteiger charge is -2.40. The van der Waals surface area contributed by atoms with Gasteiger partial charge in [-0.15, -0.1) is 23.2 Å². The molecule has 1 nitrogen and oxygen atoms in total. The van der Waals surface area contributed by atoms with Crippen molar-refractivity contribution in [3.8, 4) is 0 Å². The van der Waals surface area contributed by atoms with Crippen LogP contribution in [-0.2, 0) is 4.74 Å². The van der Waals surface area contributed by atoms with Crippen molar-refractivity contribution in [2.24, 2.45) is 0 Å². The fourth-order valence-electron chi connectivity index (χ4n) is 1.91. The van der Waals surface area contributed by atoms with Crippen LogP contribution in [0.25, 0.3) is 0 Å².